The maximum Gasteiger partial charge on any atom is 0.326 e. The summed E-state index contributed by atoms with van der Waals surface area (Å²) in [6, 6.07) is -1.48. The fourth-order valence-electron chi connectivity index (χ4n) is 4.79. The lowest BCUT2D eigenvalue weighted by molar-refractivity contribution is -0.159. The number of likely N-dealkylation sites (N-methyl/N-ethyl adjacent to an activating group) is 4. The topological polar surface area (TPSA) is 134 Å². The van der Waals surface area contributed by atoms with Crippen molar-refractivity contribution in [3.63, 3.8) is 0 Å². The zero-order valence-electron chi connectivity index (χ0n) is 26.2. The second-order valence-corrected chi connectivity index (χ2v) is 12.4. The lowest BCUT2D eigenvalue weighted by Gasteiger charge is -2.35. The molecule has 1 fully saturated rings. The van der Waals surface area contributed by atoms with Gasteiger partial charge in [0.1, 0.15) is 18.2 Å². The standard InChI is InChI=1S/C29H53N5O6/c1-10-20(2)26(30)28(39)32(7)17-23(35)31(6)18-24(36)34(9)22(16-21-14-12-11-13-15-21)27(38)33(8)19-25(37)40-29(3,4)5/h20-22,26H,10-19,30H2,1-9H3/t20-,22-,26-/m0/s1. The molecule has 230 valence electrons. The van der Waals surface area contributed by atoms with Crippen molar-refractivity contribution >= 4 is 29.6 Å². The molecular formula is C29H53N5O6. The van der Waals surface area contributed by atoms with Crippen LogP contribution in [0.3, 0.4) is 0 Å². The van der Waals surface area contributed by atoms with Crippen LogP contribution in [0.5, 0.6) is 0 Å². The van der Waals surface area contributed by atoms with Gasteiger partial charge in [0.05, 0.1) is 19.1 Å². The van der Waals surface area contributed by atoms with Crippen molar-refractivity contribution in [2.75, 3.05) is 47.8 Å². The minimum absolute atomic E-state index is 0.0231. The summed E-state index contributed by atoms with van der Waals surface area (Å²) in [7, 11) is 6.11. The van der Waals surface area contributed by atoms with Gasteiger partial charge in [-0.05, 0) is 39.0 Å². The first kappa shape index (κ1) is 35.3. The second kappa shape index (κ2) is 15.9. The predicted molar refractivity (Wildman–Crippen MR) is 154 cm³/mol. The van der Waals surface area contributed by atoms with Crippen LogP contribution in [0.1, 0.15) is 79.6 Å². The van der Waals surface area contributed by atoms with Crippen molar-refractivity contribution in [1.29, 1.82) is 0 Å². The van der Waals surface area contributed by atoms with Crippen molar-refractivity contribution in [3.8, 4) is 0 Å². The van der Waals surface area contributed by atoms with E-state index in [-0.39, 0.29) is 37.4 Å². The summed E-state index contributed by atoms with van der Waals surface area (Å²) < 4.78 is 5.36. The summed E-state index contributed by atoms with van der Waals surface area (Å²) >= 11 is 0. The van der Waals surface area contributed by atoms with Crippen LogP contribution in [-0.4, -0.2) is 115 Å². The predicted octanol–water partition coefficient (Wildman–Crippen LogP) is 1.87. The third kappa shape index (κ3) is 11.4. The number of carbonyl (C=O) groups excluding carboxylic acids is 5. The van der Waals surface area contributed by atoms with Crippen molar-refractivity contribution in [2.24, 2.45) is 17.6 Å². The van der Waals surface area contributed by atoms with E-state index in [0.29, 0.717) is 12.3 Å². The smallest absolute Gasteiger partial charge is 0.326 e. The molecule has 0 aromatic heterocycles. The maximum atomic E-state index is 13.5. The normalized spacial score (nSPS) is 16.4. The average molecular weight is 568 g/mol. The molecular weight excluding hydrogens is 514 g/mol. The molecule has 40 heavy (non-hydrogen) atoms. The monoisotopic (exact) mass is 567 g/mol. The van der Waals surface area contributed by atoms with E-state index in [2.05, 4.69) is 0 Å². The van der Waals surface area contributed by atoms with Gasteiger partial charge in [0, 0.05) is 28.2 Å². The fourth-order valence-corrected chi connectivity index (χ4v) is 4.79. The van der Waals surface area contributed by atoms with E-state index in [1.165, 1.54) is 40.7 Å². The Morgan fingerprint density at radius 2 is 1.35 bits per heavy atom. The summed E-state index contributed by atoms with van der Waals surface area (Å²) in [4.78, 5) is 69.9. The number of carbonyl (C=O) groups is 5. The van der Waals surface area contributed by atoms with Crippen molar-refractivity contribution in [1.82, 2.24) is 19.6 Å². The minimum Gasteiger partial charge on any atom is -0.459 e. The molecule has 0 aromatic carbocycles. The van der Waals surface area contributed by atoms with Crippen LogP contribution in [0, 0.1) is 11.8 Å². The number of hydrogen-bond donors (Lipinski definition) is 1. The molecule has 0 bridgehead atoms. The molecule has 0 spiro atoms. The fraction of sp³-hybridized carbons (Fsp3) is 0.828. The van der Waals surface area contributed by atoms with Gasteiger partial charge in [-0.2, -0.15) is 0 Å². The maximum absolute atomic E-state index is 13.5. The van der Waals surface area contributed by atoms with Gasteiger partial charge in [0.2, 0.25) is 23.6 Å². The van der Waals surface area contributed by atoms with Crippen LogP contribution in [0.2, 0.25) is 0 Å². The van der Waals surface area contributed by atoms with Gasteiger partial charge in [-0.15, -0.1) is 0 Å². The van der Waals surface area contributed by atoms with Gasteiger partial charge in [-0.25, -0.2) is 0 Å². The first-order valence-electron chi connectivity index (χ1n) is 14.4. The van der Waals surface area contributed by atoms with Gasteiger partial charge < -0.3 is 30.1 Å². The number of rotatable bonds is 13. The third-order valence-electron chi connectivity index (χ3n) is 7.68. The van der Waals surface area contributed by atoms with E-state index in [9.17, 15) is 24.0 Å². The molecule has 0 aromatic rings. The Bertz CT molecular complexity index is 883. The number of esters is 1. The van der Waals surface area contributed by atoms with Crippen LogP contribution in [0.4, 0.5) is 0 Å². The SMILES string of the molecule is CC[C@H](C)[C@H](N)C(=O)N(C)CC(=O)N(C)CC(=O)N(C)[C@@H](CC1CCCCC1)C(=O)N(C)CC(=O)OC(C)(C)C. The summed E-state index contributed by atoms with van der Waals surface area (Å²) in [6.07, 6.45) is 6.53. The van der Waals surface area contributed by atoms with E-state index in [1.54, 1.807) is 27.8 Å². The molecule has 1 saturated carbocycles. The summed E-state index contributed by atoms with van der Waals surface area (Å²) in [5.41, 5.74) is 5.35. The van der Waals surface area contributed by atoms with E-state index >= 15 is 0 Å². The number of amides is 4. The minimum atomic E-state index is -0.774. The van der Waals surface area contributed by atoms with Gasteiger partial charge in [0.15, 0.2) is 0 Å². The van der Waals surface area contributed by atoms with Crippen LogP contribution in [0.25, 0.3) is 0 Å². The highest BCUT2D eigenvalue weighted by molar-refractivity contribution is 5.92. The number of nitrogens with zero attached hydrogens (tertiary/aromatic N) is 4. The van der Waals surface area contributed by atoms with Crippen LogP contribution < -0.4 is 5.73 Å². The summed E-state index contributed by atoms with van der Waals surface area (Å²) in [5, 5.41) is 0. The lowest BCUT2D eigenvalue weighted by atomic mass is 9.84. The molecule has 0 aliphatic heterocycles. The zero-order valence-corrected chi connectivity index (χ0v) is 26.2. The molecule has 1 aliphatic carbocycles. The highest BCUT2D eigenvalue weighted by Crippen LogP contribution is 2.29. The Kier molecular flexibility index (Phi) is 14.1. The van der Waals surface area contributed by atoms with E-state index in [1.807, 2.05) is 13.8 Å². The summed E-state index contributed by atoms with van der Waals surface area (Å²) in [6.45, 7) is 8.42. The Morgan fingerprint density at radius 3 is 1.88 bits per heavy atom. The van der Waals surface area contributed by atoms with Crippen molar-refractivity contribution in [2.45, 2.75) is 97.2 Å². The van der Waals surface area contributed by atoms with Gasteiger partial charge in [-0.3, -0.25) is 24.0 Å². The highest BCUT2D eigenvalue weighted by atomic mass is 16.6. The Morgan fingerprint density at radius 1 is 0.825 bits per heavy atom. The number of ether oxygens (including phenoxy) is 1. The molecule has 11 heteroatoms. The molecule has 2 N–H and O–H groups in total. The Labute approximate surface area is 240 Å². The molecule has 1 rings (SSSR count). The Hall–Kier alpha value is -2.69. The van der Waals surface area contributed by atoms with Crippen LogP contribution in [-0.2, 0) is 28.7 Å². The van der Waals surface area contributed by atoms with E-state index in [4.69, 9.17) is 10.5 Å². The number of nitrogens with two attached hydrogens (primary N) is 1. The zero-order chi connectivity index (χ0) is 30.8. The lowest BCUT2D eigenvalue weighted by Crippen LogP contribution is -2.53. The number of hydrogen-bond acceptors (Lipinski definition) is 7. The van der Waals surface area contributed by atoms with Crippen molar-refractivity contribution in [3.05, 3.63) is 0 Å². The van der Waals surface area contributed by atoms with Gasteiger partial charge >= 0.3 is 5.97 Å². The molecule has 0 saturated heterocycles. The summed E-state index contributed by atoms with van der Waals surface area (Å²) in [5.74, 6) is -1.74. The molecule has 0 unspecified atom stereocenters. The first-order chi connectivity index (χ1) is 18.5. The molecule has 3 atom stereocenters. The third-order valence-corrected chi connectivity index (χ3v) is 7.68. The average Bonchev–Trinajstić information content (AvgIpc) is 2.88. The molecule has 4 amide bonds. The van der Waals surface area contributed by atoms with Crippen molar-refractivity contribution < 1.29 is 28.7 Å². The first-order valence-corrected chi connectivity index (χ1v) is 14.4. The van der Waals surface area contributed by atoms with Gasteiger partial charge in [0.25, 0.3) is 0 Å². The highest BCUT2D eigenvalue weighted by Gasteiger charge is 2.34. The molecule has 11 nitrogen and oxygen atoms in total. The largest absolute Gasteiger partial charge is 0.459 e. The molecule has 0 heterocycles. The molecule has 1 aliphatic rings. The molecule has 0 radical (unpaired) electrons. The van der Waals surface area contributed by atoms with Crippen LogP contribution in [0.15, 0.2) is 0 Å². The Balaban J connectivity index is 2.92. The van der Waals surface area contributed by atoms with Crippen LogP contribution >= 0.6 is 0 Å². The second-order valence-electron chi connectivity index (χ2n) is 12.4. The quantitative estimate of drug-likeness (QED) is 0.336. The van der Waals surface area contributed by atoms with E-state index in [0.717, 1.165) is 38.5 Å². The van der Waals surface area contributed by atoms with Gasteiger partial charge in [-0.1, -0.05) is 52.4 Å². The van der Waals surface area contributed by atoms with E-state index < -0.39 is 35.5 Å².